The summed E-state index contributed by atoms with van der Waals surface area (Å²) in [6.07, 6.45) is 2.44. The zero-order valence-electron chi connectivity index (χ0n) is 4.94. The molecule has 2 heteroatoms. The average Bonchev–Trinajstić information content (AvgIpc) is 1.68. The zero-order chi connectivity index (χ0) is 5.70. The van der Waals surface area contributed by atoms with Crippen molar-refractivity contribution in [3.63, 3.8) is 0 Å². The van der Waals surface area contributed by atoms with Gasteiger partial charge in [0, 0.05) is 6.04 Å². The number of hydrogen-bond acceptors (Lipinski definition) is 2. The fourth-order valence-corrected chi connectivity index (χ4v) is 0.627. The summed E-state index contributed by atoms with van der Waals surface area (Å²) in [6.45, 7) is 4.29. The van der Waals surface area contributed by atoms with E-state index in [2.05, 4.69) is 31.4 Å². The van der Waals surface area contributed by atoms with Crippen LogP contribution in [-0.2, 0) is 0 Å². The normalized spacial score (nSPS) is 14.1. The molecule has 0 saturated heterocycles. The van der Waals surface area contributed by atoms with Crippen molar-refractivity contribution >= 4 is 12.8 Å². The van der Waals surface area contributed by atoms with E-state index in [1.165, 1.54) is 12.8 Å². The minimum Gasteiger partial charge on any atom is -0.264 e. The van der Waals surface area contributed by atoms with E-state index >= 15 is 0 Å². The van der Waals surface area contributed by atoms with Gasteiger partial charge in [-0.15, -0.1) is 0 Å². The van der Waals surface area contributed by atoms with E-state index < -0.39 is 0 Å². The van der Waals surface area contributed by atoms with Crippen LogP contribution in [0.4, 0.5) is 0 Å². The van der Waals surface area contributed by atoms with E-state index in [1.807, 2.05) is 0 Å². The number of thiol groups is 1. The van der Waals surface area contributed by atoms with E-state index in [9.17, 15) is 0 Å². The molecule has 44 valence electrons. The van der Waals surface area contributed by atoms with Crippen LogP contribution in [0, 0.1) is 0 Å². The maximum atomic E-state index is 3.90. The second kappa shape index (κ2) is 4.47. The van der Waals surface area contributed by atoms with Crippen molar-refractivity contribution in [3.8, 4) is 0 Å². The van der Waals surface area contributed by atoms with E-state index in [-0.39, 0.29) is 0 Å². The molecule has 0 heterocycles. The molecule has 0 aliphatic rings. The van der Waals surface area contributed by atoms with Gasteiger partial charge in [-0.3, -0.25) is 4.72 Å². The van der Waals surface area contributed by atoms with E-state index in [0.29, 0.717) is 6.04 Å². The van der Waals surface area contributed by atoms with Gasteiger partial charge >= 0.3 is 0 Å². The molecule has 0 unspecified atom stereocenters. The van der Waals surface area contributed by atoms with Crippen molar-refractivity contribution in [1.29, 1.82) is 0 Å². The van der Waals surface area contributed by atoms with Crippen molar-refractivity contribution in [2.75, 3.05) is 0 Å². The van der Waals surface area contributed by atoms with Crippen LogP contribution in [0.2, 0.25) is 0 Å². The van der Waals surface area contributed by atoms with Crippen molar-refractivity contribution in [3.05, 3.63) is 0 Å². The molecule has 1 atom stereocenters. The molecule has 1 nitrogen and oxygen atoms in total. The van der Waals surface area contributed by atoms with Crippen LogP contribution in [0.3, 0.4) is 0 Å². The third kappa shape index (κ3) is 4.16. The minimum absolute atomic E-state index is 0.563. The Morgan fingerprint density at radius 2 is 2.29 bits per heavy atom. The monoisotopic (exact) mass is 119 g/mol. The minimum atomic E-state index is 0.563. The highest BCUT2D eigenvalue weighted by atomic mass is 32.1. The molecule has 0 rings (SSSR count). The highest BCUT2D eigenvalue weighted by molar-refractivity contribution is 7.78. The van der Waals surface area contributed by atoms with Gasteiger partial charge in [-0.2, -0.15) is 0 Å². The topological polar surface area (TPSA) is 12.0 Å². The molecule has 0 aromatic rings. The molecular weight excluding hydrogens is 106 g/mol. The Bertz CT molecular complexity index is 39.1. The van der Waals surface area contributed by atoms with Crippen LogP contribution in [-0.4, -0.2) is 6.04 Å². The van der Waals surface area contributed by atoms with Gasteiger partial charge in [-0.25, -0.2) is 0 Å². The van der Waals surface area contributed by atoms with Gasteiger partial charge in [-0.1, -0.05) is 26.2 Å². The molecule has 1 N–H and O–H groups in total. The summed E-state index contributed by atoms with van der Waals surface area (Å²) in [5.41, 5.74) is 0. The van der Waals surface area contributed by atoms with Crippen LogP contribution < -0.4 is 4.72 Å². The first-order valence-corrected chi connectivity index (χ1v) is 3.15. The molecule has 0 saturated carbocycles. The van der Waals surface area contributed by atoms with Crippen LogP contribution in [0.25, 0.3) is 0 Å². The molecule has 0 aliphatic carbocycles. The van der Waals surface area contributed by atoms with Crippen molar-refractivity contribution in [2.24, 2.45) is 0 Å². The molecule has 0 fully saturated rings. The number of nitrogens with one attached hydrogen (secondary N) is 1. The second-order valence-electron chi connectivity index (χ2n) is 1.82. The molecule has 0 radical (unpaired) electrons. The van der Waals surface area contributed by atoms with Gasteiger partial charge in [0.2, 0.25) is 0 Å². The van der Waals surface area contributed by atoms with Gasteiger partial charge in [0.25, 0.3) is 0 Å². The average molecular weight is 119 g/mol. The van der Waals surface area contributed by atoms with E-state index in [0.717, 1.165) is 0 Å². The van der Waals surface area contributed by atoms with Gasteiger partial charge in [0.05, 0.1) is 0 Å². The first-order chi connectivity index (χ1) is 3.31. The van der Waals surface area contributed by atoms with Crippen LogP contribution in [0.15, 0.2) is 0 Å². The lowest BCUT2D eigenvalue weighted by atomic mass is 10.2. The lowest BCUT2D eigenvalue weighted by Gasteiger charge is -2.04. The second-order valence-corrected chi connectivity index (χ2v) is 2.08. The van der Waals surface area contributed by atoms with Crippen LogP contribution in [0.1, 0.15) is 26.7 Å². The summed E-state index contributed by atoms with van der Waals surface area (Å²) in [6, 6.07) is 0.563. The van der Waals surface area contributed by atoms with Crippen LogP contribution in [0.5, 0.6) is 0 Å². The predicted octanol–water partition coefficient (Wildman–Crippen LogP) is 1.61. The summed E-state index contributed by atoms with van der Waals surface area (Å²) < 4.78 is 2.86. The summed E-state index contributed by atoms with van der Waals surface area (Å²) in [4.78, 5) is 0. The molecule has 7 heavy (non-hydrogen) atoms. The summed E-state index contributed by atoms with van der Waals surface area (Å²) >= 11 is 3.90. The first-order valence-electron chi connectivity index (χ1n) is 2.70. The van der Waals surface area contributed by atoms with Crippen LogP contribution >= 0.6 is 12.8 Å². The quantitative estimate of drug-likeness (QED) is 0.538. The maximum absolute atomic E-state index is 3.90. The lowest BCUT2D eigenvalue weighted by molar-refractivity contribution is 0.620. The number of hydrogen-bond donors (Lipinski definition) is 2. The van der Waals surface area contributed by atoms with Crippen molar-refractivity contribution < 1.29 is 0 Å². The Labute approximate surface area is 51.0 Å². The maximum Gasteiger partial charge on any atom is 0.0141 e. The smallest absolute Gasteiger partial charge is 0.0141 e. The Kier molecular flexibility index (Phi) is 4.67. The van der Waals surface area contributed by atoms with Gasteiger partial charge in [-0.05, 0) is 13.3 Å². The first kappa shape index (κ1) is 7.31. The third-order valence-electron chi connectivity index (χ3n) is 0.942. The molecule has 0 aromatic carbocycles. The summed E-state index contributed by atoms with van der Waals surface area (Å²) in [5.74, 6) is 0. The largest absolute Gasteiger partial charge is 0.264 e. The summed E-state index contributed by atoms with van der Waals surface area (Å²) in [7, 11) is 0. The molecule has 0 aliphatic heterocycles. The van der Waals surface area contributed by atoms with Crippen molar-refractivity contribution in [1.82, 2.24) is 4.72 Å². The Hall–Kier alpha value is 0.310. The summed E-state index contributed by atoms with van der Waals surface area (Å²) in [5, 5.41) is 0. The lowest BCUT2D eigenvalue weighted by Crippen LogP contribution is -2.14. The fraction of sp³-hybridized carbons (Fsp3) is 1.00. The third-order valence-corrected chi connectivity index (χ3v) is 1.38. The van der Waals surface area contributed by atoms with Gasteiger partial charge < -0.3 is 0 Å². The Morgan fingerprint density at radius 3 is 2.43 bits per heavy atom. The van der Waals surface area contributed by atoms with Crippen molar-refractivity contribution in [2.45, 2.75) is 32.7 Å². The SMILES string of the molecule is CCC[C@@H](C)NS. The highest BCUT2D eigenvalue weighted by Crippen LogP contribution is 1.93. The predicted molar refractivity (Wildman–Crippen MR) is 36.5 cm³/mol. The number of rotatable bonds is 3. The Morgan fingerprint density at radius 1 is 1.71 bits per heavy atom. The molecule has 0 aromatic heterocycles. The molecule has 0 amide bonds. The van der Waals surface area contributed by atoms with Gasteiger partial charge in [0.1, 0.15) is 0 Å². The standard InChI is InChI=1S/C5H13NS/c1-3-4-5(2)6-7/h5-7H,3-4H2,1-2H3/t5-/m1/s1. The Balaban J connectivity index is 2.83. The highest BCUT2D eigenvalue weighted by Gasteiger charge is 1.91. The van der Waals surface area contributed by atoms with Gasteiger partial charge in [0.15, 0.2) is 0 Å². The fourth-order valence-electron chi connectivity index (χ4n) is 0.498. The van der Waals surface area contributed by atoms with E-state index in [1.54, 1.807) is 0 Å². The van der Waals surface area contributed by atoms with E-state index in [4.69, 9.17) is 0 Å². The zero-order valence-corrected chi connectivity index (χ0v) is 5.83. The molecular formula is C5H13NS. The molecule has 0 spiro atoms. The molecule has 0 bridgehead atoms.